The minimum Gasteiger partial charge on any atom is -0.442 e. The lowest BCUT2D eigenvalue weighted by Crippen LogP contribution is -2.40. The van der Waals surface area contributed by atoms with Gasteiger partial charge in [0.15, 0.2) is 6.29 Å². The van der Waals surface area contributed by atoms with Gasteiger partial charge in [0.05, 0.1) is 19.1 Å². The van der Waals surface area contributed by atoms with E-state index in [0.717, 1.165) is 6.42 Å². The Morgan fingerprint density at radius 3 is 2.95 bits per heavy atom. The number of allylic oxidation sites excluding steroid dienone is 2. The first-order valence-corrected chi connectivity index (χ1v) is 7.82. The van der Waals surface area contributed by atoms with Gasteiger partial charge in [-0.05, 0) is 6.42 Å². The maximum Gasteiger partial charge on any atom is 0.432 e. The van der Waals surface area contributed by atoms with E-state index < -0.39 is 6.09 Å². The minimum atomic E-state index is -0.470. The largest absolute Gasteiger partial charge is 0.442 e. The molecule has 0 radical (unpaired) electrons. The molecule has 4 rings (SSSR count). The smallest absolute Gasteiger partial charge is 0.432 e. The normalized spacial score (nSPS) is 37.5. The average Bonchev–Trinajstić information content (AvgIpc) is 3.25. The van der Waals surface area contributed by atoms with Crippen LogP contribution < -0.4 is 0 Å². The van der Waals surface area contributed by atoms with E-state index in [2.05, 4.69) is 10.3 Å². The van der Waals surface area contributed by atoms with Crippen LogP contribution in [-0.4, -0.2) is 48.8 Å². The zero-order valence-corrected chi connectivity index (χ0v) is 12.8. The van der Waals surface area contributed by atoms with Gasteiger partial charge < -0.3 is 14.2 Å². The Bertz CT molecular complexity index is 505. The molecular formula is C15H21N3O4. The van der Waals surface area contributed by atoms with Gasteiger partial charge in [0.25, 0.3) is 0 Å². The van der Waals surface area contributed by atoms with Crippen molar-refractivity contribution in [3.63, 3.8) is 0 Å². The number of carbonyl (C=O) groups excluding carboxylic acids is 1. The number of nitrogens with zero attached hydrogens (tertiary/aromatic N) is 3. The molecule has 3 heterocycles. The first-order valence-electron chi connectivity index (χ1n) is 7.82. The lowest BCUT2D eigenvalue weighted by Gasteiger charge is -2.23. The van der Waals surface area contributed by atoms with Crippen LogP contribution in [0.5, 0.6) is 0 Å². The second kappa shape index (κ2) is 6.58. The van der Waals surface area contributed by atoms with Crippen LogP contribution in [0.3, 0.4) is 0 Å². The third-order valence-electron chi connectivity index (χ3n) is 4.07. The van der Waals surface area contributed by atoms with Gasteiger partial charge in [-0.1, -0.05) is 43.4 Å². The van der Waals surface area contributed by atoms with Crippen LogP contribution in [0.1, 0.15) is 20.3 Å². The molecule has 0 aromatic rings. The molecule has 7 nitrogen and oxygen atoms in total. The predicted molar refractivity (Wildman–Crippen MR) is 78.0 cm³/mol. The van der Waals surface area contributed by atoms with Crippen molar-refractivity contribution < 1.29 is 19.0 Å². The summed E-state index contributed by atoms with van der Waals surface area (Å²) in [6.45, 7) is 5.04. The van der Waals surface area contributed by atoms with E-state index in [0.29, 0.717) is 13.2 Å². The quantitative estimate of drug-likeness (QED) is 0.746. The van der Waals surface area contributed by atoms with Crippen molar-refractivity contribution in [3.05, 3.63) is 24.3 Å². The van der Waals surface area contributed by atoms with Crippen LogP contribution in [0.25, 0.3) is 0 Å². The van der Waals surface area contributed by atoms with Gasteiger partial charge in [-0.25, -0.2) is 4.79 Å². The molecule has 2 unspecified atom stereocenters. The number of ether oxygens (including phenoxy) is 3. The van der Waals surface area contributed by atoms with Crippen molar-refractivity contribution in [1.82, 2.24) is 5.01 Å². The number of carbonyl (C=O) groups is 1. The number of hydrogen-bond acceptors (Lipinski definition) is 6. The lowest BCUT2D eigenvalue weighted by molar-refractivity contribution is -0.0907. The van der Waals surface area contributed by atoms with Crippen molar-refractivity contribution >= 4 is 6.09 Å². The molecule has 2 saturated heterocycles. The fraction of sp³-hybridized carbons (Fsp3) is 0.667. The van der Waals surface area contributed by atoms with Gasteiger partial charge in [-0.15, -0.1) is 0 Å². The summed E-state index contributed by atoms with van der Waals surface area (Å²) < 4.78 is 16.4. The van der Waals surface area contributed by atoms with E-state index in [4.69, 9.17) is 14.2 Å². The summed E-state index contributed by atoms with van der Waals surface area (Å²) in [4.78, 5) is 12.2. The number of hydrogen-bond donors (Lipinski definition) is 0. The minimum absolute atomic E-state index is 0.102. The number of fused-ring (bicyclic) bond motifs is 2. The summed E-state index contributed by atoms with van der Waals surface area (Å²) in [6, 6.07) is -0.277. The molecule has 1 amide bonds. The maximum absolute atomic E-state index is 12.2. The lowest BCUT2D eigenvalue weighted by atomic mass is 10.0. The molecule has 5 atom stereocenters. The summed E-state index contributed by atoms with van der Waals surface area (Å²) in [5.41, 5.74) is 0. The average molecular weight is 307 g/mol. The van der Waals surface area contributed by atoms with Crippen LogP contribution in [0.2, 0.25) is 0 Å². The third kappa shape index (κ3) is 2.66. The zero-order chi connectivity index (χ0) is 15.5. The van der Waals surface area contributed by atoms with E-state index in [1.54, 1.807) is 0 Å². The van der Waals surface area contributed by atoms with Gasteiger partial charge >= 0.3 is 6.09 Å². The zero-order valence-electron chi connectivity index (χ0n) is 12.8. The van der Waals surface area contributed by atoms with Gasteiger partial charge in [0.1, 0.15) is 18.2 Å². The molecule has 0 aromatic heterocycles. The molecule has 7 heteroatoms. The van der Waals surface area contributed by atoms with Crippen LogP contribution in [0, 0.1) is 5.92 Å². The molecule has 3 aliphatic heterocycles. The van der Waals surface area contributed by atoms with Crippen LogP contribution in [-0.2, 0) is 14.2 Å². The molecular weight excluding hydrogens is 286 g/mol. The molecule has 120 valence electrons. The summed E-state index contributed by atoms with van der Waals surface area (Å²) in [5.74, 6) is 0.135. The summed E-state index contributed by atoms with van der Waals surface area (Å²) in [5, 5.41) is 9.27. The monoisotopic (exact) mass is 307 g/mol. The standard InChI is InChI=1S/C13H15N3O4.C2H6/c17-13(16-10-4-2-1-3-9(10)14-15-16)20-11-7-19-12-8(11)5-6-18-12;1-2/h1-4,8-12H,5-7H2;1-2H3/t8-,9?,10?,11-,12+;/m0./s1. The highest BCUT2D eigenvalue weighted by atomic mass is 16.7. The van der Waals surface area contributed by atoms with E-state index in [9.17, 15) is 4.79 Å². The van der Waals surface area contributed by atoms with Crippen LogP contribution in [0.4, 0.5) is 4.79 Å². The Kier molecular flexibility index (Phi) is 4.54. The van der Waals surface area contributed by atoms with Crippen LogP contribution in [0.15, 0.2) is 34.6 Å². The number of rotatable bonds is 1. The molecule has 0 saturated carbocycles. The Morgan fingerprint density at radius 1 is 1.27 bits per heavy atom. The van der Waals surface area contributed by atoms with Crippen molar-refractivity contribution in [1.29, 1.82) is 0 Å². The Morgan fingerprint density at radius 2 is 2.09 bits per heavy atom. The Labute approximate surface area is 129 Å². The summed E-state index contributed by atoms with van der Waals surface area (Å²) in [6.07, 6.45) is 7.52. The van der Waals surface area contributed by atoms with Crippen molar-refractivity contribution in [2.24, 2.45) is 16.3 Å². The molecule has 0 bridgehead atoms. The second-order valence-electron chi connectivity index (χ2n) is 5.25. The van der Waals surface area contributed by atoms with Crippen molar-refractivity contribution in [3.8, 4) is 0 Å². The van der Waals surface area contributed by atoms with Gasteiger partial charge in [-0.2, -0.15) is 10.1 Å². The van der Waals surface area contributed by atoms with Crippen LogP contribution >= 0.6 is 0 Å². The van der Waals surface area contributed by atoms with Gasteiger partial charge in [0, 0.05) is 0 Å². The summed E-state index contributed by atoms with van der Waals surface area (Å²) >= 11 is 0. The highest BCUT2D eigenvalue weighted by Crippen LogP contribution is 2.34. The van der Waals surface area contributed by atoms with Crippen molar-refractivity contribution in [2.45, 2.75) is 44.7 Å². The van der Waals surface area contributed by atoms with Crippen molar-refractivity contribution in [2.75, 3.05) is 13.2 Å². The molecule has 4 aliphatic rings. The molecule has 0 spiro atoms. The Hall–Kier alpha value is -1.73. The Balaban J connectivity index is 0.000000693. The maximum atomic E-state index is 12.2. The molecule has 2 fully saturated rings. The first-order chi connectivity index (χ1) is 10.8. The second-order valence-corrected chi connectivity index (χ2v) is 5.25. The SMILES string of the molecule is CC.O=C(O[C@H]1CO[C@H]2OCC[C@H]21)N1N=NC2C=CC=CC21. The molecule has 0 aromatic carbocycles. The molecule has 22 heavy (non-hydrogen) atoms. The van der Waals surface area contributed by atoms with E-state index in [1.165, 1.54) is 5.01 Å². The van der Waals surface area contributed by atoms with Gasteiger partial charge in [0.2, 0.25) is 0 Å². The van der Waals surface area contributed by atoms with Gasteiger partial charge in [-0.3, -0.25) is 0 Å². The number of amides is 1. The van der Waals surface area contributed by atoms with E-state index >= 15 is 0 Å². The molecule has 1 aliphatic carbocycles. The van der Waals surface area contributed by atoms with E-state index in [1.807, 2.05) is 38.2 Å². The fourth-order valence-corrected chi connectivity index (χ4v) is 2.98. The fourth-order valence-electron chi connectivity index (χ4n) is 2.98. The first kappa shape index (κ1) is 15.2. The summed E-state index contributed by atoms with van der Waals surface area (Å²) in [7, 11) is 0. The third-order valence-corrected chi connectivity index (χ3v) is 4.07. The highest BCUT2D eigenvalue weighted by molar-refractivity contribution is 5.69. The predicted octanol–water partition coefficient (Wildman–Crippen LogP) is 2.46. The topological polar surface area (TPSA) is 72.7 Å². The molecule has 0 N–H and O–H groups in total. The van der Waals surface area contributed by atoms with E-state index in [-0.39, 0.29) is 30.4 Å². The highest BCUT2D eigenvalue weighted by Gasteiger charge is 2.45.